The third-order valence-corrected chi connectivity index (χ3v) is 18.8. The van der Waals surface area contributed by atoms with Crippen LogP contribution in [0.25, 0.3) is 10.9 Å². The first kappa shape index (κ1) is 73.7. The van der Waals surface area contributed by atoms with E-state index >= 15 is 4.79 Å². The standard InChI is InChI=1S/C61H82N14O18S2/c1-7-29(4)50-56(88)64-23-46(81)67-40-27-95(93)59-36(35-10-8-9-11-37(35)70-59)19-38(53(85)63-24-47(82)72-50)68-58(90)51(30(5)42(78)26-76)73-55(87)41-18-34(77)25-75(41)60(91)39(69-54(40)86)20-45(80)62-22-32-12-14-33(15-13-32)66-52(84)31(6)65-57(89)49(28(2)3)71-44(79)16-17-74-48(83)21-43(94)61(74)92/h8-15,28-31,34,38-43,49-51,70,76-78,94H,7,16-27H2,1-6H3,(H,62,80)(H,63,85)(H,64,88)(H,65,89)(H,66,84)(H,67,81)(H,68,90)(H,69,86)(H,71,79)(H,72,82)(H,73,87)/t29-,30-,31-,34+,38+,39-,40-,41-,42-,43?,49-,50?,51-,95?/m0/s1. The molecule has 2 saturated heterocycles. The molecule has 2 aromatic carbocycles. The topological polar surface area (TPSA) is 477 Å². The summed E-state index contributed by atoms with van der Waals surface area (Å²) in [5.74, 6) is -15.2. The zero-order valence-electron chi connectivity index (χ0n) is 53.1. The number of imide groups is 1. The van der Waals surface area contributed by atoms with Gasteiger partial charge in [-0.1, -0.05) is 71.4 Å². The highest BCUT2D eigenvalue weighted by Crippen LogP contribution is 2.30. The van der Waals surface area contributed by atoms with E-state index in [0.717, 1.165) is 9.80 Å². The van der Waals surface area contributed by atoms with E-state index in [4.69, 9.17) is 0 Å². The lowest BCUT2D eigenvalue weighted by atomic mass is 9.93. The van der Waals surface area contributed by atoms with Crippen LogP contribution in [0.5, 0.6) is 0 Å². The summed E-state index contributed by atoms with van der Waals surface area (Å²) in [4.78, 5) is 198. The summed E-state index contributed by atoms with van der Waals surface area (Å²) in [5, 5.41) is 59.6. The molecule has 32 nitrogen and oxygen atoms in total. The van der Waals surface area contributed by atoms with Crippen LogP contribution < -0.4 is 58.5 Å². The summed E-state index contributed by atoms with van der Waals surface area (Å²) in [7, 11) is 0. The predicted octanol–water partition coefficient (Wildman–Crippen LogP) is -4.76. The van der Waals surface area contributed by atoms with E-state index < -0.39 is 229 Å². The lowest BCUT2D eigenvalue weighted by Gasteiger charge is -2.33. The van der Waals surface area contributed by atoms with Gasteiger partial charge in [-0.3, -0.25) is 72.0 Å². The van der Waals surface area contributed by atoms with Gasteiger partial charge in [0.15, 0.2) is 6.04 Å². The average molecular weight is 1360 g/mol. The fourth-order valence-electron chi connectivity index (χ4n) is 11.1. The molecule has 0 radical (unpaired) electrons. The number of aromatic amines is 1. The Kier molecular flexibility index (Phi) is 25.7. The fourth-order valence-corrected chi connectivity index (χ4v) is 12.8. The number of hydrogen-bond donors (Lipinski definition) is 16. The van der Waals surface area contributed by atoms with Crippen LogP contribution in [0.1, 0.15) is 84.8 Å². The smallest absolute Gasteiger partial charge is 0.248 e. The average Bonchev–Trinajstić information content (AvgIpc) is 1.66. The number of fused-ring (bicyclic) bond motifs is 5. The zero-order valence-corrected chi connectivity index (χ0v) is 54.8. The highest BCUT2D eigenvalue weighted by Gasteiger charge is 2.46. The van der Waals surface area contributed by atoms with Crippen LogP contribution in [0, 0.1) is 17.8 Å². The van der Waals surface area contributed by atoms with Gasteiger partial charge in [0.05, 0.1) is 43.6 Å². The number of hydrogen-bond acceptors (Lipinski definition) is 19. The lowest BCUT2D eigenvalue weighted by Crippen LogP contribution is -2.62. The van der Waals surface area contributed by atoms with E-state index in [-0.39, 0.29) is 42.2 Å². The number of carbonyl (C=O) groups excluding carboxylic acids is 14. The second-order valence-electron chi connectivity index (χ2n) is 24.3. The van der Waals surface area contributed by atoms with Crippen LogP contribution >= 0.6 is 12.6 Å². The molecule has 0 saturated carbocycles. The predicted molar refractivity (Wildman–Crippen MR) is 341 cm³/mol. The minimum absolute atomic E-state index is 0.0883. The summed E-state index contributed by atoms with van der Waals surface area (Å²) in [5.41, 5.74) is 1.19. The van der Waals surface area contributed by atoms with Crippen LogP contribution in [0.2, 0.25) is 0 Å². The number of aliphatic hydroxyl groups is 3. The molecule has 14 atom stereocenters. The lowest BCUT2D eigenvalue weighted by molar-refractivity contribution is -0.144. The number of carbonyl (C=O) groups is 14. The first-order valence-corrected chi connectivity index (χ1v) is 32.9. The number of anilines is 1. The van der Waals surface area contributed by atoms with E-state index in [9.17, 15) is 82.2 Å². The molecule has 4 aliphatic heterocycles. The number of amides is 14. The molecule has 15 N–H and O–H groups in total. The summed E-state index contributed by atoms with van der Waals surface area (Å²) in [6.45, 7) is 5.92. The molecule has 3 unspecified atom stereocenters. The van der Waals surface area contributed by atoms with Gasteiger partial charge in [0.2, 0.25) is 87.7 Å². The van der Waals surface area contributed by atoms with Crippen LogP contribution in [-0.4, -0.2) is 222 Å². The van der Waals surface area contributed by atoms with Gasteiger partial charge in [-0.05, 0) is 42.5 Å². The van der Waals surface area contributed by atoms with Crippen molar-refractivity contribution in [3.8, 4) is 0 Å². The molecular formula is C61H82N14O18S2. The number of para-hydroxylation sites is 1. The van der Waals surface area contributed by atoms with Crippen LogP contribution in [0.4, 0.5) is 5.69 Å². The van der Waals surface area contributed by atoms with Crippen LogP contribution in [0.15, 0.2) is 53.6 Å². The maximum absolute atomic E-state index is 15.0. The van der Waals surface area contributed by atoms with E-state index in [0.29, 0.717) is 22.9 Å². The molecule has 7 rings (SSSR count). The summed E-state index contributed by atoms with van der Waals surface area (Å²) < 4.78 is 15.0. The maximum Gasteiger partial charge on any atom is 0.248 e. The molecule has 4 aliphatic rings. The second kappa shape index (κ2) is 33.1. The Morgan fingerprint density at radius 2 is 1.42 bits per heavy atom. The quantitative estimate of drug-likeness (QED) is 0.0323. The molecular weight excluding hydrogens is 1280 g/mol. The minimum atomic E-state index is -2.39. The third-order valence-electron chi connectivity index (χ3n) is 17.0. The first-order valence-electron chi connectivity index (χ1n) is 31.1. The Balaban J connectivity index is 1.15. The van der Waals surface area contributed by atoms with Gasteiger partial charge in [-0.2, -0.15) is 12.6 Å². The van der Waals surface area contributed by atoms with Crippen molar-refractivity contribution in [1.82, 2.24) is 68.0 Å². The number of aromatic nitrogens is 1. The van der Waals surface area contributed by atoms with E-state index in [1.807, 2.05) is 0 Å². The molecule has 0 aliphatic carbocycles. The number of benzene rings is 2. The summed E-state index contributed by atoms with van der Waals surface area (Å²) in [6.07, 6.45) is -4.99. The van der Waals surface area contributed by atoms with Gasteiger partial charge in [0.25, 0.3) is 0 Å². The normalized spacial score (nSPS) is 25.2. The maximum atomic E-state index is 15.0. The Bertz CT molecular complexity index is 3430. The van der Waals surface area contributed by atoms with Gasteiger partial charge in [-0.25, -0.2) is 0 Å². The Labute approximate surface area is 554 Å². The molecule has 2 fully saturated rings. The van der Waals surface area contributed by atoms with Crippen molar-refractivity contribution < 1.29 is 87.0 Å². The molecule has 34 heteroatoms. The SMILES string of the molecule is CC[C@H](C)C1NC(=O)CNC(=O)[C@H]2Cc3c([nH]c4ccccc34)[S+]([O-])C[C@H](NC(=O)CNC1=O)C(=O)N[C@@H](CC(=O)NCc1ccc(NC(=O)[C@H](C)NC(=O)[C@@H](NC(=O)CCN3C(=O)CC(S)C3=O)C(C)C)cc1)C(=O)N1C[C@H](O)C[C@H]1C(=O)N[C@@H]([C@@H](C)[C@@H](O)CO)C(=O)N2. The summed E-state index contributed by atoms with van der Waals surface area (Å²) >= 11 is 1.69. The van der Waals surface area contributed by atoms with Crippen molar-refractivity contribution in [3.05, 3.63) is 59.7 Å². The van der Waals surface area contributed by atoms with Crippen molar-refractivity contribution in [1.29, 1.82) is 0 Å². The number of nitrogens with zero attached hydrogens (tertiary/aromatic N) is 2. The zero-order chi connectivity index (χ0) is 69.7. The molecule has 0 spiro atoms. The molecule has 5 heterocycles. The second-order valence-corrected chi connectivity index (χ2v) is 26.4. The number of rotatable bonds is 18. The van der Waals surface area contributed by atoms with Gasteiger partial charge in [0, 0.05) is 84.6 Å². The fraction of sp³-hybridized carbons (Fsp3) is 0.541. The van der Waals surface area contributed by atoms with Crippen LogP contribution in [0.3, 0.4) is 0 Å². The van der Waals surface area contributed by atoms with E-state index in [2.05, 4.69) is 76.1 Å². The number of thiol groups is 1. The molecule has 2 bridgehead atoms. The molecule has 95 heavy (non-hydrogen) atoms. The molecule has 516 valence electrons. The van der Waals surface area contributed by atoms with E-state index in [1.165, 1.54) is 38.1 Å². The largest absolute Gasteiger partial charge is 0.610 e. The highest BCUT2D eigenvalue weighted by atomic mass is 32.2. The number of nitrogens with one attached hydrogen (secondary N) is 12. The van der Waals surface area contributed by atoms with Crippen molar-refractivity contribution in [3.63, 3.8) is 0 Å². The summed E-state index contributed by atoms with van der Waals surface area (Å²) in [6, 6.07) is -0.0242. The minimum Gasteiger partial charge on any atom is -0.610 e. The van der Waals surface area contributed by atoms with Gasteiger partial charge >= 0.3 is 0 Å². The highest BCUT2D eigenvalue weighted by molar-refractivity contribution is 7.91. The Morgan fingerprint density at radius 1 is 0.747 bits per heavy atom. The number of H-pyrrole nitrogens is 1. The third kappa shape index (κ3) is 19.0. The first-order chi connectivity index (χ1) is 45.0. The van der Waals surface area contributed by atoms with Gasteiger partial charge < -0.3 is 88.2 Å². The monoisotopic (exact) mass is 1360 g/mol. The molecule has 1 aromatic heterocycles. The Morgan fingerprint density at radius 3 is 2.07 bits per heavy atom. The van der Waals surface area contributed by atoms with Crippen molar-refractivity contribution in [2.75, 3.05) is 43.9 Å². The van der Waals surface area contributed by atoms with Gasteiger partial charge in [-0.15, -0.1) is 0 Å². The van der Waals surface area contributed by atoms with Crippen molar-refractivity contribution in [2.24, 2.45) is 17.8 Å². The Hall–Kier alpha value is -8.70. The van der Waals surface area contributed by atoms with Gasteiger partial charge in [0.1, 0.15) is 48.0 Å². The van der Waals surface area contributed by atoms with Crippen molar-refractivity contribution in [2.45, 2.75) is 157 Å². The van der Waals surface area contributed by atoms with E-state index in [1.54, 1.807) is 52.0 Å². The van der Waals surface area contributed by atoms with Crippen molar-refractivity contribution >= 4 is 123 Å². The van der Waals surface area contributed by atoms with Crippen LogP contribution in [-0.2, 0) is 91.3 Å². The number of likely N-dealkylation sites (tertiary alicyclic amines) is 1. The number of aliphatic hydroxyl groups excluding tert-OH is 3. The molecule has 14 amide bonds. The molecule has 3 aromatic rings.